The van der Waals surface area contributed by atoms with Crippen molar-refractivity contribution < 1.29 is 33.1 Å². The molecule has 14 heteroatoms. The highest BCUT2D eigenvalue weighted by molar-refractivity contribution is 7.50. The standard InChI is InChI=1S/C31H35FN5O6PS/c32-23-14-36(22-2-1-7-33-13-22)15-25(23)35-29(38)26-5-4-21-10-18-9-19(18)11-24(31(40)37(21)26)34-30(39)28-12-20-8-17(16-44(41,42)43)3-6-27(20)45-28/h1-3,6-8,12-13,18-19,21,23-26H,4-5,9-11,14-16H2,(H,34,39)(H,35,38)(H2,41,42,43)/t18-,19+,21-,23+,24+,25+,26+/m1/s1. The molecule has 1 aromatic carbocycles. The number of amides is 3. The number of nitrogens with zero attached hydrogens (tertiary/aromatic N) is 3. The number of carbonyl (C=O) groups is 3. The summed E-state index contributed by atoms with van der Waals surface area (Å²) in [5, 5.41) is 6.54. The van der Waals surface area contributed by atoms with E-state index in [1.165, 1.54) is 11.3 Å². The van der Waals surface area contributed by atoms with E-state index in [0.717, 1.165) is 23.2 Å². The van der Waals surface area contributed by atoms with E-state index < -0.39 is 37.8 Å². The van der Waals surface area contributed by atoms with Crippen LogP contribution < -0.4 is 15.5 Å². The molecule has 1 saturated carbocycles. The van der Waals surface area contributed by atoms with Gasteiger partial charge in [-0.05, 0) is 85.2 Å². The normalized spacial score (nSPS) is 29.6. The van der Waals surface area contributed by atoms with Crippen LogP contribution >= 0.6 is 18.9 Å². The Labute approximate surface area is 263 Å². The van der Waals surface area contributed by atoms with Crippen molar-refractivity contribution in [1.82, 2.24) is 20.5 Å². The summed E-state index contributed by atoms with van der Waals surface area (Å²) in [7, 11) is -4.24. The first kappa shape index (κ1) is 30.3. The van der Waals surface area contributed by atoms with E-state index in [2.05, 4.69) is 15.6 Å². The van der Waals surface area contributed by atoms with E-state index in [9.17, 15) is 28.7 Å². The molecule has 1 aliphatic carbocycles. The third-order valence-electron chi connectivity index (χ3n) is 9.63. The SMILES string of the molecule is O=C(N[C@H]1C[C@@H]2C[C@@H]2C[C@H]2CC[C@@H](C(=O)N[C@H]3CN(c4cccnc4)C[C@@H]3F)N2C1=O)c1cc2cc(CP(=O)(O)O)ccc2s1. The summed E-state index contributed by atoms with van der Waals surface area (Å²) >= 11 is 1.25. The van der Waals surface area contributed by atoms with Crippen molar-refractivity contribution in [2.45, 2.75) is 68.6 Å². The zero-order valence-electron chi connectivity index (χ0n) is 24.4. The molecule has 5 heterocycles. The maximum absolute atomic E-state index is 15.1. The molecule has 0 bridgehead atoms. The van der Waals surface area contributed by atoms with E-state index in [-0.39, 0.29) is 30.6 Å². The highest BCUT2D eigenvalue weighted by Crippen LogP contribution is 2.49. The van der Waals surface area contributed by atoms with Gasteiger partial charge in [-0.2, -0.15) is 0 Å². The Bertz CT molecular complexity index is 1690. The molecule has 2 aromatic heterocycles. The molecule has 4 fully saturated rings. The summed E-state index contributed by atoms with van der Waals surface area (Å²) in [5.74, 6) is -0.248. The molecule has 4 aliphatic rings. The van der Waals surface area contributed by atoms with E-state index in [0.29, 0.717) is 53.5 Å². The minimum absolute atomic E-state index is 0.101. The molecule has 0 unspecified atom stereocenters. The summed E-state index contributed by atoms with van der Waals surface area (Å²) in [6.45, 7) is 0.452. The Balaban J connectivity index is 1.05. The number of carbonyl (C=O) groups excluding carboxylic acids is 3. The van der Waals surface area contributed by atoms with Crippen molar-refractivity contribution in [2.75, 3.05) is 18.0 Å². The van der Waals surface area contributed by atoms with Gasteiger partial charge in [0.15, 0.2) is 0 Å². The minimum atomic E-state index is -4.24. The number of hydrogen-bond donors (Lipinski definition) is 4. The minimum Gasteiger partial charge on any atom is -0.365 e. The number of anilines is 1. The number of rotatable bonds is 7. The van der Waals surface area contributed by atoms with Crippen LogP contribution in [0.4, 0.5) is 10.1 Å². The second kappa shape index (κ2) is 11.8. The fraction of sp³-hybridized carbons (Fsp3) is 0.484. The Hall–Kier alpha value is -3.38. The van der Waals surface area contributed by atoms with Crippen LogP contribution in [0, 0.1) is 11.8 Å². The van der Waals surface area contributed by atoms with Gasteiger partial charge in [0, 0.05) is 23.5 Å². The van der Waals surface area contributed by atoms with Crippen molar-refractivity contribution >= 4 is 52.4 Å². The predicted molar refractivity (Wildman–Crippen MR) is 167 cm³/mol. The first-order valence-corrected chi connectivity index (χ1v) is 17.9. The molecule has 11 nitrogen and oxygen atoms in total. The molecular formula is C31H35FN5O6PS. The molecule has 0 spiro atoms. The van der Waals surface area contributed by atoms with Crippen LogP contribution in [-0.2, 0) is 20.3 Å². The highest BCUT2D eigenvalue weighted by Gasteiger charge is 2.51. The quantitative estimate of drug-likeness (QED) is 0.284. The van der Waals surface area contributed by atoms with Gasteiger partial charge in [-0.3, -0.25) is 23.9 Å². The lowest BCUT2D eigenvalue weighted by molar-refractivity contribution is -0.143. The number of hydrogen-bond acceptors (Lipinski definition) is 7. The van der Waals surface area contributed by atoms with Crippen molar-refractivity contribution in [2.24, 2.45) is 11.8 Å². The molecule has 3 amide bonds. The van der Waals surface area contributed by atoms with Crippen LogP contribution in [0.2, 0.25) is 0 Å². The number of thiophene rings is 1. The molecule has 3 aromatic rings. The second-order valence-electron chi connectivity index (χ2n) is 12.8. The maximum atomic E-state index is 15.1. The van der Waals surface area contributed by atoms with Crippen LogP contribution in [0.15, 0.2) is 48.8 Å². The van der Waals surface area contributed by atoms with Crippen LogP contribution in [0.1, 0.15) is 47.3 Å². The molecule has 238 valence electrons. The van der Waals surface area contributed by atoms with E-state index in [4.69, 9.17) is 0 Å². The molecule has 45 heavy (non-hydrogen) atoms. The lowest BCUT2D eigenvalue weighted by Crippen LogP contribution is -2.58. The van der Waals surface area contributed by atoms with Gasteiger partial charge in [-0.15, -0.1) is 11.3 Å². The molecule has 3 saturated heterocycles. The third kappa shape index (κ3) is 6.36. The van der Waals surface area contributed by atoms with Gasteiger partial charge in [0.2, 0.25) is 11.8 Å². The Morgan fingerprint density at radius 3 is 2.67 bits per heavy atom. The van der Waals surface area contributed by atoms with Crippen molar-refractivity contribution in [3.8, 4) is 0 Å². The molecule has 7 rings (SSSR count). The Kier molecular flexibility index (Phi) is 7.92. The first-order chi connectivity index (χ1) is 21.5. The van der Waals surface area contributed by atoms with Gasteiger partial charge < -0.3 is 30.2 Å². The maximum Gasteiger partial charge on any atom is 0.329 e. The van der Waals surface area contributed by atoms with Crippen molar-refractivity contribution in [3.05, 3.63) is 59.2 Å². The zero-order chi connectivity index (χ0) is 31.5. The van der Waals surface area contributed by atoms with Gasteiger partial charge in [0.25, 0.3) is 5.91 Å². The fourth-order valence-corrected chi connectivity index (χ4v) is 8.97. The molecule has 0 radical (unpaired) electrons. The summed E-state index contributed by atoms with van der Waals surface area (Å²) in [4.78, 5) is 67.8. The van der Waals surface area contributed by atoms with Gasteiger partial charge in [0.05, 0.1) is 35.5 Å². The lowest BCUT2D eigenvalue weighted by atomic mass is 9.99. The van der Waals surface area contributed by atoms with Gasteiger partial charge in [-0.1, -0.05) is 6.07 Å². The number of nitrogens with one attached hydrogen (secondary N) is 2. The van der Waals surface area contributed by atoms with E-state index in [1.807, 2.05) is 11.0 Å². The fourth-order valence-electron chi connectivity index (χ4n) is 7.35. The van der Waals surface area contributed by atoms with E-state index >= 15 is 4.39 Å². The highest BCUT2D eigenvalue weighted by atomic mass is 32.1. The predicted octanol–water partition coefficient (Wildman–Crippen LogP) is 3.21. The Morgan fingerprint density at radius 2 is 1.89 bits per heavy atom. The molecule has 7 atom stereocenters. The zero-order valence-corrected chi connectivity index (χ0v) is 26.1. The number of aromatic nitrogens is 1. The van der Waals surface area contributed by atoms with Crippen molar-refractivity contribution in [1.29, 1.82) is 0 Å². The van der Waals surface area contributed by atoms with E-state index in [1.54, 1.807) is 47.6 Å². The summed E-state index contributed by atoms with van der Waals surface area (Å²) in [6.07, 6.45) is 5.16. The average molecular weight is 656 g/mol. The Morgan fingerprint density at radius 1 is 1.07 bits per heavy atom. The number of benzene rings is 1. The van der Waals surface area contributed by atoms with Gasteiger partial charge in [0.1, 0.15) is 18.3 Å². The monoisotopic (exact) mass is 655 g/mol. The van der Waals surface area contributed by atoms with Crippen LogP contribution in [0.3, 0.4) is 0 Å². The molecule has 3 aliphatic heterocycles. The number of fused-ring (bicyclic) bond motifs is 3. The molecular weight excluding hydrogens is 620 g/mol. The van der Waals surface area contributed by atoms with Crippen LogP contribution in [-0.4, -0.2) is 80.8 Å². The van der Waals surface area contributed by atoms with Crippen LogP contribution in [0.5, 0.6) is 0 Å². The summed E-state index contributed by atoms with van der Waals surface area (Å²) in [5.41, 5.74) is 1.26. The first-order valence-electron chi connectivity index (χ1n) is 15.3. The van der Waals surface area contributed by atoms with Gasteiger partial charge >= 0.3 is 7.60 Å². The topological polar surface area (TPSA) is 152 Å². The molecule has 4 N–H and O–H groups in total. The summed E-state index contributed by atoms with van der Waals surface area (Å²) in [6, 6.07) is 8.02. The number of halogens is 1. The lowest BCUT2D eigenvalue weighted by Gasteiger charge is -2.35. The largest absolute Gasteiger partial charge is 0.365 e. The van der Waals surface area contributed by atoms with Gasteiger partial charge in [-0.25, -0.2) is 4.39 Å². The average Bonchev–Trinajstić information content (AvgIpc) is 3.29. The summed E-state index contributed by atoms with van der Waals surface area (Å²) < 4.78 is 27.3. The smallest absolute Gasteiger partial charge is 0.329 e. The second-order valence-corrected chi connectivity index (χ2v) is 15.5. The van der Waals surface area contributed by atoms with Crippen molar-refractivity contribution in [3.63, 3.8) is 0 Å². The number of pyridine rings is 1. The third-order valence-corrected chi connectivity index (χ3v) is 11.5. The number of alkyl halides is 1. The van der Waals surface area contributed by atoms with Crippen LogP contribution in [0.25, 0.3) is 10.1 Å².